The van der Waals surface area contributed by atoms with E-state index < -0.39 is 19.0 Å². The average Bonchev–Trinajstić information content (AvgIpc) is 1.65. The zero-order valence-corrected chi connectivity index (χ0v) is 3.99. The highest BCUT2D eigenvalue weighted by atomic mass is 19.2. The molecule has 0 amide bonds. The van der Waals surface area contributed by atoms with Crippen molar-refractivity contribution in [2.75, 3.05) is 6.61 Å². The van der Waals surface area contributed by atoms with Crippen LogP contribution in [0.25, 0.3) is 0 Å². The van der Waals surface area contributed by atoms with E-state index in [4.69, 9.17) is 5.11 Å². The molecule has 7 heavy (non-hydrogen) atoms. The van der Waals surface area contributed by atoms with Crippen LogP contribution in [0, 0.1) is 6.17 Å². The van der Waals surface area contributed by atoms with Gasteiger partial charge in [-0.15, -0.1) is 0 Å². The summed E-state index contributed by atoms with van der Waals surface area (Å²) < 4.78 is 23.1. The lowest BCUT2D eigenvalue weighted by atomic mass is 10.3. The SMILES string of the molecule is CC(F)[C](F)CO. The van der Waals surface area contributed by atoms with Crippen molar-refractivity contribution >= 4 is 0 Å². The van der Waals surface area contributed by atoms with E-state index in [-0.39, 0.29) is 0 Å². The van der Waals surface area contributed by atoms with Gasteiger partial charge in [-0.25, -0.2) is 8.78 Å². The first-order valence-corrected chi connectivity index (χ1v) is 1.94. The quantitative estimate of drug-likeness (QED) is 0.557. The van der Waals surface area contributed by atoms with Crippen molar-refractivity contribution < 1.29 is 13.9 Å². The minimum Gasteiger partial charge on any atom is -0.393 e. The number of aliphatic hydroxyl groups is 1. The van der Waals surface area contributed by atoms with Gasteiger partial charge < -0.3 is 5.11 Å². The largest absolute Gasteiger partial charge is 0.393 e. The maximum absolute atomic E-state index is 11.5. The number of halogens is 2. The Kier molecular flexibility index (Phi) is 2.83. The zero-order chi connectivity index (χ0) is 5.86. The number of aliphatic hydroxyl groups excluding tert-OH is 1. The minimum atomic E-state index is -1.63. The second-order valence-corrected chi connectivity index (χ2v) is 1.22. The molecule has 0 bridgehead atoms. The van der Waals surface area contributed by atoms with Crippen molar-refractivity contribution in [1.29, 1.82) is 0 Å². The van der Waals surface area contributed by atoms with Gasteiger partial charge in [0.25, 0.3) is 0 Å². The molecular weight excluding hydrogens is 102 g/mol. The second-order valence-electron chi connectivity index (χ2n) is 1.22. The van der Waals surface area contributed by atoms with Crippen LogP contribution in [0.1, 0.15) is 6.92 Å². The van der Waals surface area contributed by atoms with Gasteiger partial charge in [0.05, 0.1) is 6.61 Å². The highest BCUT2D eigenvalue weighted by Crippen LogP contribution is 2.08. The molecule has 1 radical (unpaired) electrons. The molecule has 43 valence electrons. The van der Waals surface area contributed by atoms with E-state index in [9.17, 15) is 8.78 Å². The molecule has 0 fully saturated rings. The summed E-state index contributed by atoms with van der Waals surface area (Å²) in [6.45, 7) is 0.225. The van der Waals surface area contributed by atoms with Crippen LogP contribution in [0.5, 0.6) is 0 Å². The van der Waals surface area contributed by atoms with Crippen LogP contribution in [0.15, 0.2) is 0 Å². The molecule has 1 nitrogen and oxygen atoms in total. The standard InChI is InChI=1S/C4H7F2O/c1-3(5)4(6)2-7/h3,7H,2H2,1H3. The first-order chi connectivity index (χ1) is 3.18. The molecule has 0 rings (SSSR count). The van der Waals surface area contributed by atoms with Crippen molar-refractivity contribution in [2.45, 2.75) is 13.1 Å². The Morgan fingerprint density at radius 2 is 2.29 bits per heavy atom. The van der Waals surface area contributed by atoms with Crippen LogP contribution in [-0.4, -0.2) is 17.9 Å². The number of hydrogen-bond acceptors (Lipinski definition) is 1. The predicted octanol–water partition coefficient (Wildman–Crippen LogP) is 0.838. The first kappa shape index (κ1) is 6.82. The van der Waals surface area contributed by atoms with Crippen LogP contribution < -0.4 is 0 Å². The van der Waals surface area contributed by atoms with Gasteiger partial charge in [-0.2, -0.15) is 0 Å². The summed E-state index contributed by atoms with van der Waals surface area (Å²) in [6, 6.07) is 0. The Hall–Kier alpha value is -0.180. The lowest BCUT2D eigenvalue weighted by Crippen LogP contribution is -2.07. The van der Waals surface area contributed by atoms with Crippen LogP contribution in [0.2, 0.25) is 0 Å². The Bertz CT molecular complexity index is 47.0. The number of alkyl halides is 1. The molecule has 0 spiro atoms. The van der Waals surface area contributed by atoms with Crippen LogP contribution in [-0.2, 0) is 0 Å². The molecule has 0 aliphatic heterocycles. The molecule has 0 aliphatic carbocycles. The van der Waals surface area contributed by atoms with Crippen LogP contribution in [0.4, 0.5) is 8.78 Å². The molecule has 0 saturated heterocycles. The summed E-state index contributed by atoms with van der Waals surface area (Å²) in [4.78, 5) is 0. The Labute approximate surface area is 41.0 Å². The van der Waals surface area contributed by atoms with E-state index in [1.165, 1.54) is 0 Å². The highest BCUT2D eigenvalue weighted by molar-refractivity contribution is 4.80. The third-order valence-corrected chi connectivity index (χ3v) is 0.583. The predicted molar refractivity (Wildman–Crippen MR) is 22.0 cm³/mol. The molecular formula is C4H7F2O. The van der Waals surface area contributed by atoms with E-state index in [2.05, 4.69) is 0 Å². The van der Waals surface area contributed by atoms with E-state index >= 15 is 0 Å². The lowest BCUT2D eigenvalue weighted by Gasteiger charge is -2.00. The van der Waals surface area contributed by atoms with Gasteiger partial charge in [0.15, 0.2) is 0 Å². The Morgan fingerprint density at radius 3 is 2.29 bits per heavy atom. The maximum Gasteiger partial charge on any atom is 0.203 e. The van der Waals surface area contributed by atoms with E-state index in [1.54, 1.807) is 0 Å². The second kappa shape index (κ2) is 2.91. The molecule has 1 unspecified atom stereocenters. The molecule has 0 aromatic carbocycles. The van der Waals surface area contributed by atoms with Crippen LogP contribution in [0.3, 0.4) is 0 Å². The summed E-state index contributed by atoms with van der Waals surface area (Å²) in [7, 11) is 0. The molecule has 0 heterocycles. The third-order valence-electron chi connectivity index (χ3n) is 0.583. The molecule has 0 aliphatic rings. The average molecular weight is 109 g/mol. The van der Waals surface area contributed by atoms with E-state index in [0.29, 0.717) is 0 Å². The summed E-state index contributed by atoms with van der Waals surface area (Å²) >= 11 is 0. The van der Waals surface area contributed by atoms with Gasteiger partial charge >= 0.3 is 0 Å². The van der Waals surface area contributed by atoms with Crippen LogP contribution >= 0.6 is 0 Å². The molecule has 0 aromatic rings. The monoisotopic (exact) mass is 109 g/mol. The number of hydrogen-bond donors (Lipinski definition) is 1. The Balaban J connectivity index is 3.14. The summed E-state index contributed by atoms with van der Waals surface area (Å²) in [5.41, 5.74) is 0. The molecule has 3 heteroatoms. The first-order valence-electron chi connectivity index (χ1n) is 1.94. The van der Waals surface area contributed by atoms with Crippen molar-refractivity contribution in [3.8, 4) is 0 Å². The van der Waals surface area contributed by atoms with Gasteiger partial charge in [0.1, 0.15) is 6.17 Å². The molecule has 0 saturated carbocycles. The van der Waals surface area contributed by atoms with Gasteiger partial charge in [-0.3, -0.25) is 0 Å². The normalized spacial score (nSPS) is 15.0. The Morgan fingerprint density at radius 1 is 1.86 bits per heavy atom. The van der Waals surface area contributed by atoms with E-state index in [1.807, 2.05) is 0 Å². The lowest BCUT2D eigenvalue weighted by molar-refractivity contribution is 0.187. The van der Waals surface area contributed by atoms with Crippen molar-refractivity contribution in [3.05, 3.63) is 6.17 Å². The summed E-state index contributed by atoms with van der Waals surface area (Å²) in [5, 5.41) is 7.85. The third kappa shape index (κ3) is 2.51. The molecule has 1 atom stereocenters. The molecule has 1 N–H and O–H groups in total. The van der Waals surface area contributed by atoms with Gasteiger partial charge in [0.2, 0.25) is 6.17 Å². The minimum absolute atomic E-state index is 0.808. The van der Waals surface area contributed by atoms with Gasteiger partial charge in [-0.05, 0) is 6.92 Å². The fourth-order valence-electron chi connectivity index (χ4n) is 0.126. The highest BCUT2D eigenvalue weighted by Gasteiger charge is 2.13. The summed E-state index contributed by atoms with van der Waals surface area (Å²) in [6.07, 6.45) is -2.65. The zero-order valence-electron chi connectivity index (χ0n) is 3.99. The fourth-order valence-corrected chi connectivity index (χ4v) is 0.126. The fraction of sp³-hybridized carbons (Fsp3) is 0.750. The summed E-state index contributed by atoms with van der Waals surface area (Å²) in [5.74, 6) is 0. The van der Waals surface area contributed by atoms with Crippen molar-refractivity contribution in [3.63, 3.8) is 0 Å². The van der Waals surface area contributed by atoms with Gasteiger partial charge in [0, 0.05) is 0 Å². The van der Waals surface area contributed by atoms with Crippen molar-refractivity contribution in [1.82, 2.24) is 0 Å². The molecule has 0 aromatic heterocycles. The van der Waals surface area contributed by atoms with Crippen molar-refractivity contribution in [2.24, 2.45) is 0 Å². The maximum atomic E-state index is 11.5. The topological polar surface area (TPSA) is 20.2 Å². The van der Waals surface area contributed by atoms with Gasteiger partial charge in [-0.1, -0.05) is 0 Å². The van der Waals surface area contributed by atoms with E-state index in [0.717, 1.165) is 6.92 Å². The smallest absolute Gasteiger partial charge is 0.203 e. The number of rotatable bonds is 2.